The monoisotopic (exact) mass is 178 g/mol. The van der Waals surface area contributed by atoms with Crippen LogP contribution in [0.3, 0.4) is 0 Å². The van der Waals surface area contributed by atoms with Crippen LogP contribution < -0.4 is 0 Å². The van der Waals surface area contributed by atoms with Crippen molar-refractivity contribution in [2.45, 2.75) is 45.4 Å². The second-order valence-corrected chi connectivity index (χ2v) is 4.94. The molecule has 2 saturated carbocycles. The predicted octanol–water partition coefficient (Wildman–Crippen LogP) is 4.02. The topological polar surface area (TPSA) is 0 Å². The highest BCUT2D eigenvalue weighted by Gasteiger charge is 2.42. The van der Waals surface area contributed by atoms with Crippen LogP contribution in [0.2, 0.25) is 0 Å². The van der Waals surface area contributed by atoms with Crippen LogP contribution in [0.25, 0.3) is 0 Å². The van der Waals surface area contributed by atoms with Crippen molar-refractivity contribution < 1.29 is 0 Å². The van der Waals surface area contributed by atoms with Gasteiger partial charge in [0.1, 0.15) is 0 Å². The standard InChI is InChI=1S/C13H22/c1-3-5-11-7-9-12-10(4-2)6-8-13(11)12/h3,10-13H,1,4-9H2,2H3. The Morgan fingerprint density at radius 1 is 1.08 bits per heavy atom. The summed E-state index contributed by atoms with van der Waals surface area (Å²) in [5.74, 6) is 4.23. The molecule has 2 fully saturated rings. The summed E-state index contributed by atoms with van der Waals surface area (Å²) in [7, 11) is 0. The van der Waals surface area contributed by atoms with Gasteiger partial charge in [-0.15, -0.1) is 6.58 Å². The summed E-state index contributed by atoms with van der Waals surface area (Å²) >= 11 is 0. The van der Waals surface area contributed by atoms with Crippen LogP contribution in [0.15, 0.2) is 12.7 Å². The SMILES string of the molecule is C=CCC1CCC2C(CC)CCC12. The molecule has 4 unspecified atom stereocenters. The van der Waals surface area contributed by atoms with Crippen molar-refractivity contribution in [2.24, 2.45) is 23.7 Å². The van der Waals surface area contributed by atoms with Crippen LogP contribution in [0.4, 0.5) is 0 Å². The fourth-order valence-electron chi connectivity index (χ4n) is 3.85. The van der Waals surface area contributed by atoms with Crippen molar-refractivity contribution in [3.05, 3.63) is 12.7 Å². The van der Waals surface area contributed by atoms with Gasteiger partial charge in [-0.3, -0.25) is 0 Å². The molecular weight excluding hydrogens is 156 g/mol. The molecule has 2 aliphatic carbocycles. The fraction of sp³-hybridized carbons (Fsp3) is 0.846. The van der Waals surface area contributed by atoms with Crippen molar-refractivity contribution in [1.82, 2.24) is 0 Å². The van der Waals surface area contributed by atoms with E-state index in [2.05, 4.69) is 19.6 Å². The molecule has 0 bridgehead atoms. The van der Waals surface area contributed by atoms with Gasteiger partial charge in [-0.2, -0.15) is 0 Å². The zero-order chi connectivity index (χ0) is 9.26. The molecule has 0 aromatic carbocycles. The molecule has 13 heavy (non-hydrogen) atoms. The van der Waals surface area contributed by atoms with Crippen LogP contribution in [-0.2, 0) is 0 Å². The van der Waals surface area contributed by atoms with Crippen LogP contribution in [-0.4, -0.2) is 0 Å². The van der Waals surface area contributed by atoms with E-state index in [1.807, 2.05) is 0 Å². The molecule has 0 amide bonds. The van der Waals surface area contributed by atoms with Crippen molar-refractivity contribution in [2.75, 3.05) is 0 Å². The van der Waals surface area contributed by atoms with E-state index in [0.717, 1.165) is 23.7 Å². The number of rotatable bonds is 3. The van der Waals surface area contributed by atoms with Gasteiger partial charge in [-0.25, -0.2) is 0 Å². The van der Waals surface area contributed by atoms with E-state index in [1.54, 1.807) is 0 Å². The van der Waals surface area contributed by atoms with E-state index in [1.165, 1.54) is 38.5 Å². The highest BCUT2D eigenvalue weighted by atomic mass is 14.5. The molecule has 0 saturated heterocycles. The Labute approximate surface area is 82.4 Å². The molecule has 0 aromatic heterocycles. The van der Waals surface area contributed by atoms with Gasteiger partial charge < -0.3 is 0 Å². The predicted molar refractivity (Wildman–Crippen MR) is 57.5 cm³/mol. The maximum absolute atomic E-state index is 3.88. The number of hydrogen-bond donors (Lipinski definition) is 0. The summed E-state index contributed by atoms with van der Waals surface area (Å²) in [6.07, 6.45) is 10.9. The van der Waals surface area contributed by atoms with E-state index in [9.17, 15) is 0 Å². The van der Waals surface area contributed by atoms with Crippen LogP contribution in [0.1, 0.15) is 45.4 Å². The van der Waals surface area contributed by atoms with Gasteiger partial charge in [0.05, 0.1) is 0 Å². The van der Waals surface area contributed by atoms with Crippen molar-refractivity contribution >= 4 is 0 Å². The quantitative estimate of drug-likeness (QED) is 0.572. The molecule has 4 atom stereocenters. The van der Waals surface area contributed by atoms with E-state index >= 15 is 0 Å². The summed E-state index contributed by atoms with van der Waals surface area (Å²) in [5, 5.41) is 0. The third-order valence-electron chi connectivity index (χ3n) is 4.50. The Balaban J connectivity index is 1.98. The first-order chi connectivity index (χ1) is 6.36. The Morgan fingerprint density at radius 2 is 1.69 bits per heavy atom. The Bertz CT molecular complexity index is 182. The van der Waals surface area contributed by atoms with Gasteiger partial charge in [-0.05, 0) is 55.8 Å². The first-order valence-electron chi connectivity index (χ1n) is 5.97. The molecule has 0 heterocycles. The van der Waals surface area contributed by atoms with Crippen molar-refractivity contribution in [1.29, 1.82) is 0 Å². The van der Waals surface area contributed by atoms with E-state index in [0.29, 0.717) is 0 Å². The van der Waals surface area contributed by atoms with Crippen LogP contribution >= 0.6 is 0 Å². The Hall–Kier alpha value is -0.260. The van der Waals surface area contributed by atoms with Gasteiger partial charge >= 0.3 is 0 Å². The minimum Gasteiger partial charge on any atom is -0.103 e. The van der Waals surface area contributed by atoms with Crippen LogP contribution in [0.5, 0.6) is 0 Å². The van der Waals surface area contributed by atoms with E-state index in [-0.39, 0.29) is 0 Å². The number of allylic oxidation sites excluding steroid dienone is 1. The Morgan fingerprint density at radius 3 is 2.31 bits per heavy atom. The second-order valence-electron chi connectivity index (χ2n) is 4.94. The minimum absolute atomic E-state index is 0.999. The zero-order valence-corrected chi connectivity index (χ0v) is 8.84. The average molecular weight is 178 g/mol. The van der Waals surface area contributed by atoms with Crippen molar-refractivity contribution in [3.8, 4) is 0 Å². The molecule has 2 rings (SSSR count). The lowest BCUT2D eigenvalue weighted by Crippen LogP contribution is -2.12. The third kappa shape index (κ3) is 1.56. The fourth-order valence-corrected chi connectivity index (χ4v) is 3.85. The molecule has 0 radical (unpaired) electrons. The van der Waals surface area contributed by atoms with Gasteiger partial charge in [0.15, 0.2) is 0 Å². The lowest BCUT2D eigenvalue weighted by atomic mass is 9.87. The summed E-state index contributed by atoms with van der Waals surface area (Å²) < 4.78 is 0. The van der Waals surface area contributed by atoms with Gasteiger partial charge in [0, 0.05) is 0 Å². The lowest BCUT2D eigenvalue weighted by Gasteiger charge is -2.18. The highest BCUT2D eigenvalue weighted by Crippen LogP contribution is 2.52. The van der Waals surface area contributed by atoms with Gasteiger partial charge in [0.25, 0.3) is 0 Å². The summed E-state index contributed by atoms with van der Waals surface area (Å²) in [5.41, 5.74) is 0. The maximum Gasteiger partial charge on any atom is -0.0322 e. The Kier molecular flexibility index (Phi) is 2.76. The highest BCUT2D eigenvalue weighted by molar-refractivity contribution is 4.95. The second kappa shape index (κ2) is 3.86. The van der Waals surface area contributed by atoms with Gasteiger partial charge in [-0.1, -0.05) is 19.4 Å². The first kappa shape index (κ1) is 9.30. The number of fused-ring (bicyclic) bond motifs is 1. The molecule has 0 nitrogen and oxygen atoms in total. The zero-order valence-electron chi connectivity index (χ0n) is 8.84. The summed E-state index contributed by atoms with van der Waals surface area (Å²) in [6, 6.07) is 0. The molecule has 0 spiro atoms. The molecular formula is C13H22. The van der Waals surface area contributed by atoms with Crippen LogP contribution in [0, 0.1) is 23.7 Å². The maximum atomic E-state index is 3.88. The molecule has 0 aliphatic heterocycles. The van der Waals surface area contributed by atoms with Crippen molar-refractivity contribution in [3.63, 3.8) is 0 Å². The third-order valence-corrected chi connectivity index (χ3v) is 4.50. The molecule has 0 N–H and O–H groups in total. The van der Waals surface area contributed by atoms with E-state index < -0.39 is 0 Å². The average Bonchev–Trinajstić information content (AvgIpc) is 2.68. The first-order valence-corrected chi connectivity index (χ1v) is 5.97. The molecule has 74 valence electrons. The molecule has 2 aliphatic rings. The number of hydrogen-bond acceptors (Lipinski definition) is 0. The summed E-state index contributed by atoms with van der Waals surface area (Å²) in [6.45, 7) is 6.25. The summed E-state index contributed by atoms with van der Waals surface area (Å²) in [4.78, 5) is 0. The largest absolute Gasteiger partial charge is 0.103 e. The minimum atomic E-state index is 0.999. The normalized spacial score (nSPS) is 43.5. The van der Waals surface area contributed by atoms with Gasteiger partial charge in [0.2, 0.25) is 0 Å². The molecule has 0 aromatic rings. The lowest BCUT2D eigenvalue weighted by molar-refractivity contribution is 0.310. The molecule has 0 heteroatoms. The smallest absolute Gasteiger partial charge is 0.0322 e. The van der Waals surface area contributed by atoms with E-state index in [4.69, 9.17) is 0 Å².